The second-order valence-corrected chi connectivity index (χ2v) is 10.1. The summed E-state index contributed by atoms with van der Waals surface area (Å²) in [5.41, 5.74) is 2.87. The fourth-order valence-electron chi connectivity index (χ4n) is 4.57. The summed E-state index contributed by atoms with van der Waals surface area (Å²) in [4.78, 5) is 44.8. The van der Waals surface area contributed by atoms with E-state index >= 15 is 0 Å². The van der Waals surface area contributed by atoms with Gasteiger partial charge in [-0.1, -0.05) is 66.9 Å². The molecule has 2 aromatic carbocycles. The molecule has 1 heterocycles. The molecular weight excluding hydrogens is 532 g/mol. The number of anilines is 2. The maximum absolute atomic E-state index is 12.4. The molecule has 3 amide bonds. The molecule has 0 radical (unpaired) electrons. The second-order valence-electron chi connectivity index (χ2n) is 9.72. The minimum atomic E-state index is -1.08. The van der Waals surface area contributed by atoms with E-state index in [0.29, 0.717) is 24.5 Å². The number of hydrogen-bond acceptors (Lipinski definition) is 6. The third kappa shape index (κ3) is 8.94. The van der Waals surface area contributed by atoms with Crippen molar-refractivity contribution < 1.29 is 19.5 Å². The molecule has 210 valence electrons. The molecule has 11 heteroatoms. The Morgan fingerprint density at radius 1 is 0.950 bits per heavy atom. The Labute approximate surface area is 238 Å². The highest BCUT2D eigenvalue weighted by Crippen LogP contribution is 2.24. The molecule has 1 aliphatic rings. The van der Waals surface area contributed by atoms with Crippen molar-refractivity contribution in [2.24, 2.45) is 0 Å². The standard InChI is InChI=1S/C29H33ClN6O4/c30-27-23(17-26(38)39)28(32-18-25(37)33-21-8-4-5-9-21)36-24(35-27)16-20-10-12-22(13-11-20)34-29(40)31-15-14-19-6-2-1-3-7-19/h1-3,6-7,10-13,21H,4-5,8-9,14-18H2,(H,33,37)(H,38,39)(H2,31,34,40)(H,32,35,36). The number of aliphatic carboxylic acids is 1. The zero-order chi connectivity index (χ0) is 28.3. The first-order valence-electron chi connectivity index (χ1n) is 13.3. The van der Waals surface area contributed by atoms with Crippen molar-refractivity contribution in [3.8, 4) is 0 Å². The molecule has 4 rings (SSSR count). The molecule has 0 bridgehead atoms. The van der Waals surface area contributed by atoms with Crippen LogP contribution in [0.5, 0.6) is 0 Å². The van der Waals surface area contributed by atoms with Crippen LogP contribution in [0.4, 0.5) is 16.3 Å². The second kappa shape index (κ2) is 14.3. The number of halogens is 1. The number of nitrogens with one attached hydrogen (secondary N) is 4. The van der Waals surface area contributed by atoms with Gasteiger partial charge < -0.3 is 26.4 Å². The van der Waals surface area contributed by atoms with Crippen molar-refractivity contribution in [2.75, 3.05) is 23.7 Å². The van der Waals surface area contributed by atoms with Gasteiger partial charge in [-0.25, -0.2) is 14.8 Å². The van der Waals surface area contributed by atoms with Gasteiger partial charge in [-0.05, 0) is 42.5 Å². The highest BCUT2D eigenvalue weighted by Gasteiger charge is 2.20. The predicted molar refractivity (Wildman–Crippen MR) is 154 cm³/mol. The molecule has 1 aliphatic carbocycles. The fourth-order valence-corrected chi connectivity index (χ4v) is 4.83. The van der Waals surface area contributed by atoms with E-state index in [-0.39, 0.29) is 47.5 Å². The zero-order valence-corrected chi connectivity index (χ0v) is 22.8. The summed E-state index contributed by atoms with van der Waals surface area (Å²) < 4.78 is 0. The summed E-state index contributed by atoms with van der Waals surface area (Å²) >= 11 is 6.35. The van der Waals surface area contributed by atoms with Crippen LogP contribution in [0.2, 0.25) is 5.15 Å². The van der Waals surface area contributed by atoms with E-state index in [1.165, 1.54) is 0 Å². The fraction of sp³-hybridized carbons (Fsp3) is 0.345. The van der Waals surface area contributed by atoms with Crippen molar-refractivity contribution in [3.05, 3.63) is 82.3 Å². The van der Waals surface area contributed by atoms with Crippen molar-refractivity contribution in [3.63, 3.8) is 0 Å². The molecule has 3 aromatic rings. The maximum atomic E-state index is 12.4. The van der Waals surface area contributed by atoms with Gasteiger partial charge in [0.2, 0.25) is 5.91 Å². The highest BCUT2D eigenvalue weighted by molar-refractivity contribution is 6.30. The summed E-state index contributed by atoms with van der Waals surface area (Å²) in [7, 11) is 0. The van der Waals surface area contributed by atoms with Crippen molar-refractivity contribution in [1.82, 2.24) is 20.6 Å². The SMILES string of the molecule is O=C(O)Cc1c(Cl)nc(Cc2ccc(NC(=O)NCCc3ccccc3)cc2)nc1NCC(=O)NC1CCCC1. The van der Waals surface area contributed by atoms with E-state index in [1.807, 2.05) is 42.5 Å². The minimum Gasteiger partial charge on any atom is -0.481 e. The lowest BCUT2D eigenvalue weighted by Crippen LogP contribution is -2.37. The molecule has 1 aromatic heterocycles. The summed E-state index contributed by atoms with van der Waals surface area (Å²) in [5, 5.41) is 20.9. The van der Waals surface area contributed by atoms with Crippen LogP contribution in [0.15, 0.2) is 54.6 Å². The Balaban J connectivity index is 1.34. The van der Waals surface area contributed by atoms with Gasteiger partial charge in [0, 0.05) is 30.3 Å². The van der Waals surface area contributed by atoms with Crippen molar-refractivity contribution in [2.45, 2.75) is 51.0 Å². The molecule has 5 N–H and O–H groups in total. The number of nitrogens with zero attached hydrogens (tertiary/aromatic N) is 2. The molecular formula is C29H33ClN6O4. The van der Waals surface area contributed by atoms with Gasteiger partial charge in [0.1, 0.15) is 16.8 Å². The number of carbonyl (C=O) groups is 3. The Bertz CT molecular complexity index is 1310. The molecule has 0 spiro atoms. The lowest BCUT2D eigenvalue weighted by Gasteiger charge is -2.15. The number of carboxylic acids is 1. The molecule has 0 saturated heterocycles. The van der Waals surface area contributed by atoms with Crippen LogP contribution < -0.4 is 21.3 Å². The van der Waals surface area contributed by atoms with E-state index in [9.17, 15) is 19.5 Å². The largest absolute Gasteiger partial charge is 0.481 e. The molecule has 10 nitrogen and oxygen atoms in total. The molecule has 0 aliphatic heterocycles. The number of carboxylic acid groups (broad SMARTS) is 1. The summed E-state index contributed by atoms with van der Waals surface area (Å²) in [6.07, 6.45) is 4.82. The first kappa shape index (κ1) is 28.8. The molecule has 1 fully saturated rings. The smallest absolute Gasteiger partial charge is 0.319 e. The van der Waals surface area contributed by atoms with Crippen LogP contribution in [0.3, 0.4) is 0 Å². The van der Waals surface area contributed by atoms with E-state index < -0.39 is 5.97 Å². The number of benzene rings is 2. The Kier molecular flexibility index (Phi) is 10.3. The first-order chi connectivity index (χ1) is 19.4. The van der Waals surface area contributed by atoms with E-state index in [2.05, 4.69) is 31.2 Å². The number of rotatable bonds is 12. The number of hydrogen-bond donors (Lipinski definition) is 5. The number of urea groups is 1. The van der Waals surface area contributed by atoms with Gasteiger partial charge in [0.05, 0.1) is 13.0 Å². The number of carbonyl (C=O) groups excluding carboxylic acids is 2. The topological polar surface area (TPSA) is 145 Å². The van der Waals surface area contributed by atoms with E-state index in [4.69, 9.17) is 11.6 Å². The number of aromatic nitrogens is 2. The van der Waals surface area contributed by atoms with Gasteiger partial charge in [0.15, 0.2) is 0 Å². The normalized spacial score (nSPS) is 13.0. The average molecular weight is 565 g/mol. The Morgan fingerprint density at radius 3 is 2.38 bits per heavy atom. The van der Waals surface area contributed by atoms with Crippen LogP contribution in [0.1, 0.15) is 48.2 Å². The van der Waals surface area contributed by atoms with Crippen LogP contribution >= 0.6 is 11.6 Å². The predicted octanol–water partition coefficient (Wildman–Crippen LogP) is 4.18. The van der Waals surface area contributed by atoms with Crippen molar-refractivity contribution in [1.29, 1.82) is 0 Å². The summed E-state index contributed by atoms with van der Waals surface area (Å²) in [5.74, 6) is -0.665. The quantitative estimate of drug-likeness (QED) is 0.207. The van der Waals surface area contributed by atoms with Crippen LogP contribution in [-0.2, 0) is 28.9 Å². The van der Waals surface area contributed by atoms with Crippen LogP contribution in [0.25, 0.3) is 0 Å². The van der Waals surface area contributed by atoms with E-state index in [1.54, 1.807) is 12.1 Å². The third-order valence-corrected chi connectivity index (χ3v) is 6.90. The number of amides is 3. The van der Waals surface area contributed by atoms with Gasteiger partial charge >= 0.3 is 12.0 Å². The first-order valence-corrected chi connectivity index (χ1v) is 13.7. The summed E-state index contributed by atoms with van der Waals surface area (Å²) in [6, 6.07) is 17.0. The van der Waals surface area contributed by atoms with Crippen LogP contribution in [0, 0.1) is 0 Å². The average Bonchev–Trinajstić information content (AvgIpc) is 3.44. The molecule has 0 unspecified atom stereocenters. The Morgan fingerprint density at radius 2 is 1.68 bits per heavy atom. The van der Waals surface area contributed by atoms with Gasteiger partial charge in [0.25, 0.3) is 0 Å². The van der Waals surface area contributed by atoms with Crippen molar-refractivity contribution >= 4 is 41.0 Å². The Hall–Kier alpha value is -4.18. The molecule has 1 saturated carbocycles. The molecule has 0 atom stereocenters. The highest BCUT2D eigenvalue weighted by atomic mass is 35.5. The summed E-state index contributed by atoms with van der Waals surface area (Å²) in [6.45, 7) is 0.464. The lowest BCUT2D eigenvalue weighted by molar-refractivity contribution is -0.136. The third-order valence-electron chi connectivity index (χ3n) is 6.58. The minimum absolute atomic E-state index is 0.0246. The molecule has 40 heavy (non-hydrogen) atoms. The maximum Gasteiger partial charge on any atom is 0.319 e. The van der Waals surface area contributed by atoms with Gasteiger partial charge in [-0.3, -0.25) is 9.59 Å². The van der Waals surface area contributed by atoms with Crippen LogP contribution in [-0.4, -0.2) is 52.1 Å². The zero-order valence-electron chi connectivity index (χ0n) is 22.1. The lowest BCUT2D eigenvalue weighted by atomic mass is 10.1. The van der Waals surface area contributed by atoms with Gasteiger partial charge in [-0.15, -0.1) is 0 Å². The monoisotopic (exact) mass is 564 g/mol. The van der Waals surface area contributed by atoms with E-state index in [0.717, 1.165) is 43.2 Å². The van der Waals surface area contributed by atoms with Gasteiger partial charge in [-0.2, -0.15) is 0 Å².